The molecule has 3 N–H and O–H groups in total. The van der Waals surface area contributed by atoms with Crippen molar-refractivity contribution in [1.82, 2.24) is 10.3 Å². The molecule has 244 valence electrons. The zero-order valence-corrected chi connectivity index (χ0v) is 27.8. The molecule has 1 aromatic heterocycles. The van der Waals surface area contributed by atoms with Gasteiger partial charge in [0.25, 0.3) is 11.8 Å². The van der Waals surface area contributed by atoms with Crippen molar-refractivity contribution in [2.45, 2.75) is 17.1 Å². The third-order valence-corrected chi connectivity index (χ3v) is 8.77. The van der Waals surface area contributed by atoms with Crippen LogP contribution in [-0.2, 0) is 9.59 Å². The van der Waals surface area contributed by atoms with Crippen molar-refractivity contribution in [2.75, 3.05) is 24.9 Å². The van der Waals surface area contributed by atoms with Crippen LogP contribution in [0.3, 0.4) is 0 Å². The fourth-order valence-electron chi connectivity index (χ4n) is 4.46. The molecule has 5 rings (SSSR count). The van der Waals surface area contributed by atoms with Gasteiger partial charge in [0.1, 0.15) is 11.5 Å². The number of benzene rings is 4. The Hall–Kier alpha value is -5.46. The number of halogens is 1. The molecule has 0 saturated heterocycles. The summed E-state index contributed by atoms with van der Waals surface area (Å²) in [6.07, 6.45) is 1.28. The van der Waals surface area contributed by atoms with E-state index in [1.807, 2.05) is 23.6 Å². The van der Waals surface area contributed by atoms with Crippen LogP contribution in [0, 0.1) is 5.82 Å². The van der Waals surface area contributed by atoms with Crippen molar-refractivity contribution >= 4 is 57.7 Å². The Labute approximate surface area is 285 Å². The highest BCUT2D eigenvalue weighted by atomic mass is 32.2. The van der Waals surface area contributed by atoms with E-state index >= 15 is 0 Å². The van der Waals surface area contributed by atoms with Gasteiger partial charge in [-0.15, -0.1) is 23.1 Å². The predicted molar refractivity (Wildman–Crippen MR) is 188 cm³/mol. The molecule has 3 amide bonds. The van der Waals surface area contributed by atoms with Crippen LogP contribution in [0.25, 0.3) is 17.3 Å². The van der Waals surface area contributed by atoms with E-state index in [0.717, 1.165) is 5.56 Å². The van der Waals surface area contributed by atoms with E-state index in [1.54, 1.807) is 81.8 Å². The molecular formula is C36H31FN4O5S2. The largest absolute Gasteiger partial charge is 0.493 e. The number of nitrogens with one attached hydrogen (secondary N) is 3. The van der Waals surface area contributed by atoms with E-state index in [1.165, 1.54) is 47.4 Å². The van der Waals surface area contributed by atoms with Crippen LogP contribution in [0.2, 0.25) is 0 Å². The predicted octanol–water partition coefficient (Wildman–Crippen LogP) is 7.50. The van der Waals surface area contributed by atoms with E-state index in [2.05, 4.69) is 20.9 Å². The fourth-order valence-corrected chi connectivity index (χ4v) is 6.11. The number of ether oxygens (including phenoxy) is 2. The minimum atomic E-state index is -0.649. The second-order valence-electron chi connectivity index (χ2n) is 10.2. The lowest BCUT2D eigenvalue weighted by atomic mass is 10.1. The number of carbonyl (C=O) groups excluding carboxylic acids is 3. The van der Waals surface area contributed by atoms with Gasteiger partial charge in [-0.1, -0.05) is 42.5 Å². The molecule has 0 radical (unpaired) electrons. The monoisotopic (exact) mass is 682 g/mol. The Kier molecular flexibility index (Phi) is 11.2. The van der Waals surface area contributed by atoms with Gasteiger partial charge < -0.3 is 25.4 Å². The summed E-state index contributed by atoms with van der Waals surface area (Å²) in [6, 6.07) is 26.8. The van der Waals surface area contributed by atoms with Crippen LogP contribution < -0.4 is 25.4 Å². The SMILES string of the molecule is COc1ccc(-c2csc(NC(=O)C(C)Sc3cccc(NC(=O)/C(=C/c4ccccc4F)NC(=O)c4ccccc4)c3)n2)cc1OC. The maximum Gasteiger partial charge on any atom is 0.272 e. The quantitative estimate of drug-likeness (QED) is 0.0922. The lowest BCUT2D eigenvalue weighted by molar-refractivity contribution is -0.115. The number of anilines is 2. The van der Waals surface area contributed by atoms with E-state index in [4.69, 9.17) is 9.47 Å². The minimum absolute atomic E-state index is 0.135. The molecule has 48 heavy (non-hydrogen) atoms. The molecule has 1 heterocycles. The molecule has 12 heteroatoms. The molecule has 9 nitrogen and oxygen atoms in total. The van der Waals surface area contributed by atoms with Crippen molar-refractivity contribution in [3.63, 3.8) is 0 Å². The number of thioether (sulfide) groups is 1. The van der Waals surface area contributed by atoms with Gasteiger partial charge in [0.15, 0.2) is 16.6 Å². The summed E-state index contributed by atoms with van der Waals surface area (Å²) in [6.45, 7) is 1.77. The number of hydrogen-bond acceptors (Lipinski definition) is 8. The van der Waals surface area contributed by atoms with Crippen molar-refractivity contribution in [2.24, 2.45) is 0 Å². The molecule has 0 aliphatic rings. The highest BCUT2D eigenvalue weighted by Gasteiger charge is 2.19. The van der Waals surface area contributed by atoms with Crippen LogP contribution in [0.15, 0.2) is 113 Å². The number of carbonyl (C=O) groups is 3. The molecule has 1 atom stereocenters. The number of amides is 3. The Morgan fingerprint density at radius 2 is 1.62 bits per heavy atom. The fraction of sp³-hybridized carbons (Fsp3) is 0.111. The summed E-state index contributed by atoms with van der Waals surface area (Å²) >= 11 is 2.60. The molecule has 0 aliphatic heterocycles. The van der Waals surface area contributed by atoms with Crippen LogP contribution >= 0.6 is 23.1 Å². The zero-order chi connectivity index (χ0) is 34.0. The molecule has 0 spiro atoms. The first-order valence-electron chi connectivity index (χ1n) is 14.6. The summed E-state index contributed by atoms with van der Waals surface area (Å²) in [7, 11) is 3.13. The average Bonchev–Trinajstić information content (AvgIpc) is 3.57. The number of aromatic nitrogens is 1. The third-order valence-electron chi connectivity index (χ3n) is 6.92. The van der Waals surface area contributed by atoms with Crippen molar-refractivity contribution in [1.29, 1.82) is 0 Å². The van der Waals surface area contributed by atoms with E-state index in [9.17, 15) is 18.8 Å². The van der Waals surface area contributed by atoms with Crippen LogP contribution in [-0.4, -0.2) is 42.2 Å². The van der Waals surface area contributed by atoms with E-state index < -0.39 is 22.9 Å². The zero-order valence-electron chi connectivity index (χ0n) is 26.2. The lowest BCUT2D eigenvalue weighted by Crippen LogP contribution is -2.30. The summed E-state index contributed by atoms with van der Waals surface area (Å²) in [5.74, 6) is -0.781. The third kappa shape index (κ3) is 8.66. The average molecular weight is 683 g/mol. The Morgan fingerprint density at radius 1 is 0.875 bits per heavy atom. The first kappa shape index (κ1) is 33.9. The van der Waals surface area contributed by atoms with Crippen molar-refractivity contribution < 1.29 is 28.2 Å². The molecule has 0 saturated carbocycles. The van der Waals surface area contributed by atoms with Crippen LogP contribution in [0.1, 0.15) is 22.8 Å². The summed E-state index contributed by atoms with van der Waals surface area (Å²) in [4.78, 5) is 44.6. The first-order valence-corrected chi connectivity index (χ1v) is 16.4. The van der Waals surface area contributed by atoms with Gasteiger partial charge in [-0.2, -0.15) is 0 Å². The smallest absolute Gasteiger partial charge is 0.272 e. The number of methoxy groups -OCH3 is 2. The highest BCUT2D eigenvalue weighted by Crippen LogP contribution is 2.34. The van der Waals surface area contributed by atoms with Gasteiger partial charge >= 0.3 is 0 Å². The summed E-state index contributed by atoms with van der Waals surface area (Å²) in [5, 5.41) is 10.0. The highest BCUT2D eigenvalue weighted by molar-refractivity contribution is 8.00. The molecule has 0 bridgehead atoms. The van der Waals surface area contributed by atoms with Gasteiger partial charge in [0.2, 0.25) is 5.91 Å². The molecule has 4 aromatic carbocycles. The number of hydrogen-bond donors (Lipinski definition) is 3. The Bertz CT molecular complexity index is 1970. The van der Waals surface area contributed by atoms with Gasteiger partial charge in [-0.25, -0.2) is 9.37 Å². The second kappa shape index (κ2) is 15.9. The van der Waals surface area contributed by atoms with Crippen molar-refractivity contribution in [3.8, 4) is 22.8 Å². The van der Waals surface area contributed by atoms with Gasteiger partial charge in [0.05, 0.1) is 25.2 Å². The normalized spacial score (nSPS) is 11.7. The standard InChI is InChI=1S/C36H31FN4O5S2/c1-22(33(42)41-36-40-30(21-47-36)25-16-17-31(45-2)32(19-25)46-3)48-27-14-9-13-26(20-27)38-35(44)29(18-24-12-7-8-15-28(24)37)39-34(43)23-10-5-4-6-11-23/h4-22H,1-3H3,(H,38,44)(H,39,43)(H,40,41,42)/b29-18-. The van der Waals surface area contributed by atoms with Gasteiger partial charge in [-0.05, 0) is 67.6 Å². The molecule has 0 fully saturated rings. The van der Waals surface area contributed by atoms with Crippen LogP contribution in [0.4, 0.5) is 15.2 Å². The summed E-state index contributed by atoms with van der Waals surface area (Å²) in [5.41, 5.74) is 2.25. The van der Waals surface area contributed by atoms with Gasteiger partial charge in [-0.3, -0.25) is 14.4 Å². The van der Waals surface area contributed by atoms with E-state index in [0.29, 0.717) is 38.5 Å². The maximum atomic E-state index is 14.5. The van der Waals surface area contributed by atoms with E-state index in [-0.39, 0.29) is 17.2 Å². The van der Waals surface area contributed by atoms with Crippen LogP contribution in [0.5, 0.6) is 11.5 Å². The topological polar surface area (TPSA) is 119 Å². The Morgan fingerprint density at radius 3 is 2.38 bits per heavy atom. The number of nitrogens with zero attached hydrogens (tertiary/aromatic N) is 1. The molecule has 1 unspecified atom stereocenters. The maximum absolute atomic E-state index is 14.5. The second-order valence-corrected chi connectivity index (χ2v) is 12.5. The van der Waals surface area contributed by atoms with Crippen molar-refractivity contribution in [3.05, 3.63) is 125 Å². The molecule has 5 aromatic rings. The Balaban J connectivity index is 1.25. The van der Waals surface area contributed by atoms with Gasteiger partial charge in [0, 0.05) is 32.7 Å². The molecular weight excluding hydrogens is 652 g/mol. The lowest BCUT2D eigenvalue weighted by Gasteiger charge is -2.14. The number of thiazole rings is 1. The first-order chi connectivity index (χ1) is 23.2. The molecule has 0 aliphatic carbocycles. The number of rotatable bonds is 12. The summed E-state index contributed by atoms with van der Waals surface area (Å²) < 4.78 is 25.2. The minimum Gasteiger partial charge on any atom is -0.493 e.